The quantitative estimate of drug-likeness (QED) is 0.780. The Labute approximate surface area is 178 Å². The number of benzene rings is 2. The number of anilines is 1. The summed E-state index contributed by atoms with van der Waals surface area (Å²) in [4.78, 5) is 29.5. The average molecular weight is 404 g/mol. The first kappa shape index (κ1) is 19.5. The second-order valence-corrected chi connectivity index (χ2v) is 8.83. The minimum Gasteiger partial charge on any atom is -0.303 e. The van der Waals surface area contributed by atoms with Gasteiger partial charge in [0.05, 0.1) is 18.2 Å². The van der Waals surface area contributed by atoms with Crippen LogP contribution in [0.5, 0.6) is 0 Å². The summed E-state index contributed by atoms with van der Waals surface area (Å²) in [5.74, 6) is -0.179. The van der Waals surface area contributed by atoms with E-state index in [1.807, 2.05) is 18.2 Å². The van der Waals surface area contributed by atoms with Gasteiger partial charge in [-0.1, -0.05) is 36.4 Å². The predicted molar refractivity (Wildman–Crippen MR) is 117 cm³/mol. The molecule has 5 heteroatoms. The van der Waals surface area contributed by atoms with E-state index in [1.165, 1.54) is 21.6 Å². The Balaban J connectivity index is 1.18. The van der Waals surface area contributed by atoms with Gasteiger partial charge in [0.15, 0.2) is 0 Å². The first-order valence-electron chi connectivity index (χ1n) is 11.2. The van der Waals surface area contributed by atoms with E-state index in [0.717, 1.165) is 57.4 Å². The van der Waals surface area contributed by atoms with Gasteiger partial charge in [0.1, 0.15) is 0 Å². The predicted octanol–water partition coefficient (Wildman–Crippen LogP) is 3.06. The summed E-state index contributed by atoms with van der Waals surface area (Å²) in [6, 6.07) is 16.5. The van der Waals surface area contributed by atoms with Crippen molar-refractivity contribution < 1.29 is 9.59 Å². The Morgan fingerprint density at radius 2 is 1.70 bits per heavy atom. The lowest BCUT2D eigenvalue weighted by molar-refractivity contribution is -0.121. The van der Waals surface area contributed by atoms with E-state index >= 15 is 0 Å². The van der Waals surface area contributed by atoms with Crippen LogP contribution in [-0.2, 0) is 29.0 Å². The van der Waals surface area contributed by atoms with Crippen LogP contribution in [-0.4, -0.2) is 41.9 Å². The molecule has 1 atom stereocenters. The van der Waals surface area contributed by atoms with Crippen molar-refractivity contribution in [1.82, 2.24) is 10.2 Å². The van der Waals surface area contributed by atoms with Crippen LogP contribution < -0.4 is 10.2 Å². The lowest BCUT2D eigenvalue weighted by Gasteiger charge is -2.33. The molecule has 2 saturated heterocycles. The molecule has 2 aliphatic heterocycles. The van der Waals surface area contributed by atoms with Crippen molar-refractivity contribution in [3.05, 3.63) is 65.2 Å². The maximum atomic E-state index is 13.0. The van der Waals surface area contributed by atoms with Gasteiger partial charge in [0.2, 0.25) is 5.91 Å². The number of amides is 2. The van der Waals surface area contributed by atoms with Crippen molar-refractivity contribution in [2.45, 2.75) is 57.2 Å². The van der Waals surface area contributed by atoms with Gasteiger partial charge in [0, 0.05) is 12.6 Å². The fourth-order valence-electron chi connectivity index (χ4n) is 5.11. The van der Waals surface area contributed by atoms with Crippen molar-refractivity contribution in [2.75, 3.05) is 18.0 Å². The van der Waals surface area contributed by atoms with E-state index in [9.17, 15) is 9.59 Å². The van der Waals surface area contributed by atoms with E-state index in [1.54, 1.807) is 0 Å². The van der Waals surface area contributed by atoms with Gasteiger partial charge in [-0.05, 0) is 74.0 Å². The molecule has 5 nitrogen and oxygen atoms in total. The molecule has 2 aromatic rings. The lowest BCUT2D eigenvalue weighted by atomic mass is 10.0. The Bertz CT molecular complexity index is 935. The van der Waals surface area contributed by atoms with Crippen LogP contribution in [0.15, 0.2) is 48.5 Å². The molecule has 2 amide bonds. The molecule has 5 rings (SSSR count). The summed E-state index contributed by atoms with van der Waals surface area (Å²) < 4.78 is 0. The van der Waals surface area contributed by atoms with Gasteiger partial charge in [-0.2, -0.15) is 0 Å². The molecular weight excluding hydrogens is 374 g/mol. The summed E-state index contributed by atoms with van der Waals surface area (Å²) in [5, 5.41) is 3.50. The molecule has 0 saturated carbocycles. The molecule has 2 heterocycles. The Hall–Kier alpha value is -2.50. The van der Waals surface area contributed by atoms with Crippen molar-refractivity contribution in [3.8, 4) is 0 Å². The van der Waals surface area contributed by atoms with Crippen LogP contribution in [0.2, 0.25) is 0 Å². The topological polar surface area (TPSA) is 52.7 Å². The number of fused-ring (bicyclic) bond motifs is 1. The molecule has 2 aromatic carbocycles. The smallest absolute Gasteiger partial charge is 0.251 e. The molecule has 30 heavy (non-hydrogen) atoms. The highest BCUT2D eigenvalue weighted by Gasteiger charge is 2.40. The molecule has 1 N–H and O–H groups in total. The lowest BCUT2D eigenvalue weighted by Crippen LogP contribution is -2.48. The van der Waals surface area contributed by atoms with Crippen LogP contribution in [0.25, 0.3) is 0 Å². The summed E-state index contributed by atoms with van der Waals surface area (Å²) in [6.45, 7) is 2.99. The van der Waals surface area contributed by atoms with E-state index in [2.05, 4.69) is 40.5 Å². The minimum atomic E-state index is -0.392. The Morgan fingerprint density at radius 1 is 0.933 bits per heavy atom. The Morgan fingerprint density at radius 3 is 2.50 bits per heavy atom. The molecule has 0 radical (unpaired) electrons. The van der Waals surface area contributed by atoms with Gasteiger partial charge < -0.3 is 5.32 Å². The van der Waals surface area contributed by atoms with Gasteiger partial charge in [-0.15, -0.1) is 0 Å². The number of hydrogen-bond donors (Lipinski definition) is 1. The van der Waals surface area contributed by atoms with Gasteiger partial charge >= 0.3 is 0 Å². The molecule has 2 fully saturated rings. The average Bonchev–Trinajstić information content (AvgIpc) is 3.33. The van der Waals surface area contributed by atoms with Crippen molar-refractivity contribution in [3.63, 3.8) is 0 Å². The standard InChI is InChI=1S/C25H29N3O2/c29-24-16-23(25(30)28(24)22-10-9-19-7-4-8-20(19)15-22)26-21-11-13-27(14-12-21)17-18-5-2-1-3-6-18/h1-3,5-6,9-10,15,21,23,26H,4,7-8,11-14,16-17H2/t23-/m0/s1. The summed E-state index contributed by atoms with van der Waals surface area (Å²) in [6.07, 6.45) is 5.58. The fourth-order valence-corrected chi connectivity index (χ4v) is 5.11. The summed E-state index contributed by atoms with van der Waals surface area (Å²) >= 11 is 0. The third-order valence-electron chi connectivity index (χ3n) is 6.76. The fraction of sp³-hybridized carbons (Fsp3) is 0.440. The van der Waals surface area contributed by atoms with Crippen LogP contribution in [0, 0.1) is 0 Å². The zero-order valence-electron chi connectivity index (χ0n) is 17.3. The number of imide groups is 1. The summed E-state index contributed by atoms with van der Waals surface area (Å²) in [5.41, 5.74) is 4.73. The molecule has 0 unspecified atom stereocenters. The van der Waals surface area contributed by atoms with Crippen LogP contribution in [0.3, 0.4) is 0 Å². The highest BCUT2D eigenvalue weighted by molar-refractivity contribution is 6.22. The number of aryl methyl sites for hydroxylation is 2. The van der Waals surface area contributed by atoms with Crippen molar-refractivity contribution >= 4 is 17.5 Å². The SMILES string of the molecule is O=C1C[C@H](NC2CCN(Cc3ccccc3)CC2)C(=O)N1c1ccc2c(c1)CCC2. The monoisotopic (exact) mass is 403 g/mol. The van der Waals surface area contributed by atoms with E-state index in [4.69, 9.17) is 0 Å². The number of rotatable bonds is 5. The van der Waals surface area contributed by atoms with Crippen LogP contribution in [0.4, 0.5) is 5.69 Å². The number of nitrogens with one attached hydrogen (secondary N) is 1. The highest BCUT2D eigenvalue weighted by Crippen LogP contribution is 2.30. The normalized spacial score (nSPS) is 22.7. The van der Waals surface area contributed by atoms with E-state index in [0.29, 0.717) is 6.04 Å². The van der Waals surface area contributed by atoms with Gasteiger partial charge in [-0.3, -0.25) is 14.5 Å². The second-order valence-electron chi connectivity index (χ2n) is 8.83. The first-order valence-corrected chi connectivity index (χ1v) is 11.2. The van der Waals surface area contributed by atoms with Crippen molar-refractivity contribution in [2.24, 2.45) is 0 Å². The van der Waals surface area contributed by atoms with Gasteiger partial charge in [0.25, 0.3) is 5.91 Å². The molecule has 0 spiro atoms. The van der Waals surface area contributed by atoms with Crippen LogP contribution >= 0.6 is 0 Å². The molecule has 156 valence electrons. The molecular formula is C25H29N3O2. The minimum absolute atomic E-state index is 0.0861. The third-order valence-corrected chi connectivity index (χ3v) is 6.76. The van der Waals surface area contributed by atoms with Crippen molar-refractivity contribution in [1.29, 1.82) is 0 Å². The highest BCUT2D eigenvalue weighted by atomic mass is 16.2. The molecule has 1 aliphatic carbocycles. The number of hydrogen-bond acceptors (Lipinski definition) is 4. The zero-order valence-corrected chi connectivity index (χ0v) is 17.3. The second kappa shape index (κ2) is 8.32. The number of likely N-dealkylation sites (tertiary alicyclic amines) is 1. The van der Waals surface area contributed by atoms with Gasteiger partial charge in [-0.25, -0.2) is 4.90 Å². The van der Waals surface area contributed by atoms with E-state index < -0.39 is 6.04 Å². The maximum absolute atomic E-state index is 13.0. The molecule has 0 bridgehead atoms. The number of nitrogens with zero attached hydrogens (tertiary/aromatic N) is 2. The number of carbonyl (C=O) groups is 2. The first-order chi connectivity index (χ1) is 14.7. The maximum Gasteiger partial charge on any atom is 0.251 e. The molecule has 3 aliphatic rings. The third kappa shape index (κ3) is 3.92. The van der Waals surface area contributed by atoms with E-state index in [-0.39, 0.29) is 18.2 Å². The molecule has 0 aromatic heterocycles. The zero-order chi connectivity index (χ0) is 20.5. The van der Waals surface area contributed by atoms with Crippen LogP contribution in [0.1, 0.15) is 42.4 Å². The Kier molecular flexibility index (Phi) is 5.40. The summed E-state index contributed by atoms with van der Waals surface area (Å²) in [7, 11) is 0. The number of piperidine rings is 1. The largest absolute Gasteiger partial charge is 0.303 e. The number of carbonyl (C=O) groups excluding carboxylic acids is 2.